The van der Waals surface area contributed by atoms with E-state index in [9.17, 15) is 9.18 Å². The highest BCUT2D eigenvalue weighted by Crippen LogP contribution is 2.39. The molecule has 2 fully saturated rings. The van der Waals surface area contributed by atoms with E-state index in [1.54, 1.807) is 25.4 Å². The summed E-state index contributed by atoms with van der Waals surface area (Å²) in [4.78, 5) is 34.8. The van der Waals surface area contributed by atoms with E-state index >= 15 is 0 Å². The van der Waals surface area contributed by atoms with Crippen LogP contribution in [0.3, 0.4) is 0 Å². The number of pyridine rings is 1. The number of likely N-dealkylation sites (N-methyl/N-ethyl adjacent to an activating group) is 1. The Bertz CT molecular complexity index is 1690. The second-order valence-corrected chi connectivity index (χ2v) is 12.7. The lowest BCUT2D eigenvalue weighted by Gasteiger charge is -2.29. The molecule has 0 atom stereocenters. The topological polar surface area (TPSA) is 101 Å². The lowest BCUT2D eigenvalue weighted by atomic mass is 9.96. The highest BCUT2D eigenvalue weighted by molar-refractivity contribution is 6.42. The van der Waals surface area contributed by atoms with Crippen LogP contribution in [0.5, 0.6) is 0 Å². The Morgan fingerprint density at radius 2 is 1.85 bits per heavy atom. The van der Waals surface area contributed by atoms with Gasteiger partial charge >= 0.3 is 0 Å². The van der Waals surface area contributed by atoms with Crippen LogP contribution in [-0.2, 0) is 11.3 Å². The number of aromatic nitrogens is 5. The minimum Gasteiger partial charge on any atom is -0.378 e. The fraction of sp³-hybridized carbons (Fsp3) is 0.424. The number of benzene rings is 1. The Morgan fingerprint density at radius 1 is 1.04 bits per heavy atom. The molecule has 1 saturated carbocycles. The van der Waals surface area contributed by atoms with Crippen molar-refractivity contribution >= 4 is 35.1 Å². The molecule has 1 N–H and O–H groups in total. The van der Waals surface area contributed by atoms with Gasteiger partial charge in [-0.25, -0.2) is 19.9 Å². The van der Waals surface area contributed by atoms with Crippen molar-refractivity contribution in [3.8, 4) is 22.6 Å². The maximum atomic E-state index is 14.1. The van der Waals surface area contributed by atoms with Crippen LogP contribution in [0.1, 0.15) is 47.8 Å². The van der Waals surface area contributed by atoms with Crippen molar-refractivity contribution in [3.63, 3.8) is 0 Å². The SMILES string of the molecule is CN1CCC(c2nc(-c3ccc(Cl)c(Cl)c3)c(-c3ccnc(NC4CC4)n3)n2CCOCCN(C)C(=O)c2cccnc2F)CC1. The number of likely N-dealkylation sites (tertiary alicyclic amines) is 1. The summed E-state index contributed by atoms with van der Waals surface area (Å²) in [7, 11) is 3.76. The number of ether oxygens (including phenoxy) is 1. The Labute approximate surface area is 277 Å². The molecule has 0 unspecified atom stereocenters. The number of anilines is 1. The minimum absolute atomic E-state index is 0.0638. The van der Waals surface area contributed by atoms with E-state index in [-0.39, 0.29) is 18.1 Å². The number of nitrogens with zero attached hydrogens (tertiary/aromatic N) is 7. The first-order valence-electron chi connectivity index (χ1n) is 15.6. The van der Waals surface area contributed by atoms with E-state index in [4.69, 9.17) is 37.9 Å². The first-order chi connectivity index (χ1) is 22.3. The Kier molecular flexibility index (Phi) is 10.1. The molecule has 6 rings (SSSR count). The van der Waals surface area contributed by atoms with E-state index in [1.165, 1.54) is 17.2 Å². The zero-order valence-corrected chi connectivity index (χ0v) is 27.4. The zero-order chi connectivity index (χ0) is 32.2. The number of nitrogens with one attached hydrogen (secondary N) is 1. The van der Waals surface area contributed by atoms with Gasteiger partial charge in [0.05, 0.1) is 45.9 Å². The number of hydrogen-bond donors (Lipinski definition) is 1. The number of amides is 1. The van der Waals surface area contributed by atoms with Crippen molar-refractivity contribution in [2.24, 2.45) is 0 Å². The lowest BCUT2D eigenvalue weighted by molar-refractivity contribution is 0.0678. The van der Waals surface area contributed by atoms with Crippen molar-refractivity contribution in [2.75, 3.05) is 52.3 Å². The van der Waals surface area contributed by atoms with E-state index in [2.05, 4.69) is 31.8 Å². The third kappa shape index (κ3) is 7.49. The smallest absolute Gasteiger partial charge is 0.258 e. The molecule has 0 spiro atoms. The van der Waals surface area contributed by atoms with Gasteiger partial charge < -0.3 is 24.4 Å². The molecule has 242 valence electrons. The van der Waals surface area contributed by atoms with Gasteiger partial charge in [0.1, 0.15) is 5.82 Å². The molecular weight excluding hydrogens is 630 g/mol. The number of rotatable bonds is 12. The second kappa shape index (κ2) is 14.4. The average molecular weight is 668 g/mol. The molecule has 4 heterocycles. The first kappa shape index (κ1) is 32.3. The molecule has 1 aromatic carbocycles. The zero-order valence-electron chi connectivity index (χ0n) is 25.9. The number of piperidine rings is 1. The Balaban J connectivity index is 1.29. The first-order valence-corrected chi connectivity index (χ1v) is 16.3. The van der Waals surface area contributed by atoms with Gasteiger partial charge in [-0.2, -0.15) is 4.39 Å². The number of halogens is 3. The Hall–Kier alpha value is -3.64. The molecule has 3 aromatic heterocycles. The summed E-state index contributed by atoms with van der Waals surface area (Å²) in [6.07, 6.45) is 7.26. The molecule has 10 nitrogen and oxygen atoms in total. The maximum absolute atomic E-state index is 14.1. The monoisotopic (exact) mass is 666 g/mol. The summed E-state index contributed by atoms with van der Waals surface area (Å²) in [5.41, 5.74) is 3.15. The highest BCUT2D eigenvalue weighted by atomic mass is 35.5. The molecule has 0 bridgehead atoms. The summed E-state index contributed by atoms with van der Waals surface area (Å²) < 4.78 is 22.3. The average Bonchev–Trinajstić information content (AvgIpc) is 3.79. The van der Waals surface area contributed by atoms with Crippen molar-refractivity contribution in [3.05, 3.63) is 76.2 Å². The number of imidazole rings is 1. The molecular formula is C33H37Cl2FN8O2. The van der Waals surface area contributed by atoms with E-state index in [0.717, 1.165) is 67.2 Å². The Morgan fingerprint density at radius 3 is 2.59 bits per heavy atom. The van der Waals surface area contributed by atoms with Gasteiger partial charge in [-0.1, -0.05) is 29.3 Å². The van der Waals surface area contributed by atoms with Crippen molar-refractivity contribution in [2.45, 2.75) is 44.2 Å². The van der Waals surface area contributed by atoms with Crippen LogP contribution in [0.15, 0.2) is 48.8 Å². The van der Waals surface area contributed by atoms with Crippen LogP contribution in [0.2, 0.25) is 10.0 Å². The van der Waals surface area contributed by atoms with Gasteiger partial charge in [-0.05, 0) is 76.2 Å². The fourth-order valence-corrected chi connectivity index (χ4v) is 5.96. The van der Waals surface area contributed by atoms with E-state index in [1.807, 2.05) is 18.2 Å². The maximum Gasteiger partial charge on any atom is 0.258 e. The molecule has 1 aliphatic heterocycles. The highest BCUT2D eigenvalue weighted by Gasteiger charge is 2.29. The lowest BCUT2D eigenvalue weighted by Crippen LogP contribution is -2.31. The van der Waals surface area contributed by atoms with Crippen LogP contribution in [0, 0.1) is 5.95 Å². The van der Waals surface area contributed by atoms with Gasteiger partial charge in [-0.15, -0.1) is 0 Å². The van der Waals surface area contributed by atoms with Crippen LogP contribution >= 0.6 is 23.2 Å². The number of hydrogen-bond acceptors (Lipinski definition) is 8. The second-order valence-electron chi connectivity index (χ2n) is 11.9. The number of carbonyl (C=O) groups is 1. The molecule has 1 saturated heterocycles. The molecule has 1 aliphatic carbocycles. The van der Waals surface area contributed by atoms with Crippen LogP contribution in [0.25, 0.3) is 22.6 Å². The minimum atomic E-state index is -0.785. The van der Waals surface area contributed by atoms with E-state index in [0.29, 0.717) is 41.7 Å². The predicted octanol–water partition coefficient (Wildman–Crippen LogP) is 6.02. The standard InChI is InChI=1S/C33H37Cl2FN8O2/c1-42-14-10-21(11-15-42)31-41-28(22-5-8-25(34)26(35)20-22)29(27-9-13-38-33(40-27)39-23-6-7-23)44(31)17-19-46-18-16-43(2)32(45)24-4-3-12-37-30(24)36/h3-5,8-9,12-13,20-21,23H,6-7,10-11,14-19H2,1-2H3,(H,38,39,40). The summed E-state index contributed by atoms with van der Waals surface area (Å²) in [6.45, 7) is 3.41. The summed E-state index contributed by atoms with van der Waals surface area (Å²) in [5.74, 6) is 0.578. The van der Waals surface area contributed by atoms with E-state index < -0.39 is 11.9 Å². The van der Waals surface area contributed by atoms with Gasteiger partial charge in [0.15, 0.2) is 0 Å². The van der Waals surface area contributed by atoms with Gasteiger partial charge in [-0.3, -0.25) is 4.79 Å². The summed E-state index contributed by atoms with van der Waals surface area (Å²) >= 11 is 12.8. The van der Waals surface area contributed by atoms with Gasteiger partial charge in [0.25, 0.3) is 5.91 Å². The summed E-state index contributed by atoms with van der Waals surface area (Å²) in [6, 6.07) is 10.8. The van der Waals surface area contributed by atoms with Crippen molar-refractivity contribution in [1.82, 2.24) is 34.3 Å². The molecule has 4 aromatic rings. The van der Waals surface area contributed by atoms with Gasteiger partial charge in [0, 0.05) is 50.1 Å². The molecule has 1 amide bonds. The summed E-state index contributed by atoms with van der Waals surface area (Å²) in [5, 5.41) is 4.34. The van der Waals surface area contributed by atoms with Crippen LogP contribution < -0.4 is 5.32 Å². The molecule has 46 heavy (non-hydrogen) atoms. The van der Waals surface area contributed by atoms with Crippen LogP contribution in [0.4, 0.5) is 10.3 Å². The third-order valence-electron chi connectivity index (χ3n) is 8.45. The molecule has 0 radical (unpaired) electrons. The largest absolute Gasteiger partial charge is 0.378 e. The van der Waals surface area contributed by atoms with Crippen LogP contribution in [-0.4, -0.2) is 93.2 Å². The molecule has 2 aliphatic rings. The van der Waals surface area contributed by atoms with Crippen molar-refractivity contribution < 1.29 is 13.9 Å². The molecule has 13 heteroatoms. The number of carbonyl (C=O) groups excluding carboxylic acids is 1. The third-order valence-corrected chi connectivity index (χ3v) is 9.19. The predicted molar refractivity (Wildman–Crippen MR) is 177 cm³/mol. The van der Waals surface area contributed by atoms with Gasteiger partial charge in [0.2, 0.25) is 11.9 Å². The fourth-order valence-electron chi connectivity index (χ4n) is 5.66. The van der Waals surface area contributed by atoms with Crippen molar-refractivity contribution in [1.29, 1.82) is 0 Å². The normalized spacial score (nSPS) is 15.7. The quantitative estimate of drug-likeness (QED) is 0.145.